The molecule has 186 valence electrons. The third-order valence-electron chi connectivity index (χ3n) is 4.17. The Balaban J connectivity index is 1.94. The van der Waals surface area contributed by atoms with E-state index in [1.165, 1.54) is 12.3 Å². The summed E-state index contributed by atoms with van der Waals surface area (Å²) in [6.07, 6.45) is 1.29. The molecular formula is C20H22Cl2N2O9S. The Labute approximate surface area is 205 Å². The number of ether oxygens (including phenoxy) is 3. The lowest BCUT2D eigenvalue weighted by Crippen LogP contribution is -2.17. The minimum Gasteiger partial charge on any atom is -0.467 e. The first kappa shape index (κ1) is 27.4. The summed E-state index contributed by atoms with van der Waals surface area (Å²) in [6.45, 7) is -0.0125. The summed E-state index contributed by atoms with van der Waals surface area (Å²) in [4.78, 5) is 34.9. The van der Waals surface area contributed by atoms with Gasteiger partial charge in [0.1, 0.15) is 10.7 Å². The van der Waals surface area contributed by atoms with Gasteiger partial charge in [-0.2, -0.15) is 0 Å². The highest BCUT2D eigenvalue weighted by atomic mass is 35.5. The van der Waals surface area contributed by atoms with Crippen molar-refractivity contribution in [1.29, 1.82) is 0 Å². The highest BCUT2D eigenvalue weighted by Gasteiger charge is 2.22. The number of nitrogens with two attached hydrogens (primary N) is 1. The van der Waals surface area contributed by atoms with Crippen molar-refractivity contribution < 1.29 is 41.4 Å². The van der Waals surface area contributed by atoms with Crippen molar-refractivity contribution in [1.82, 2.24) is 0 Å². The maximum atomic E-state index is 12.6. The van der Waals surface area contributed by atoms with Crippen LogP contribution in [0.3, 0.4) is 0 Å². The van der Waals surface area contributed by atoms with Crippen LogP contribution in [0.1, 0.15) is 35.4 Å². The highest BCUT2D eigenvalue weighted by molar-refractivity contribution is 7.89. The van der Waals surface area contributed by atoms with Crippen molar-refractivity contribution >= 4 is 56.8 Å². The Morgan fingerprint density at radius 2 is 1.74 bits per heavy atom. The van der Waals surface area contributed by atoms with E-state index in [4.69, 9.17) is 42.2 Å². The van der Waals surface area contributed by atoms with E-state index in [1.807, 2.05) is 0 Å². The van der Waals surface area contributed by atoms with Crippen LogP contribution in [0.25, 0.3) is 0 Å². The molecule has 0 bridgehead atoms. The molecule has 0 saturated heterocycles. The molecule has 0 saturated carbocycles. The van der Waals surface area contributed by atoms with Crippen molar-refractivity contribution in [3.63, 3.8) is 0 Å². The molecular weight excluding hydrogens is 515 g/mol. The second-order valence-corrected chi connectivity index (χ2v) is 8.80. The monoisotopic (exact) mass is 536 g/mol. The van der Waals surface area contributed by atoms with Crippen molar-refractivity contribution in [3.05, 3.63) is 46.9 Å². The van der Waals surface area contributed by atoms with Crippen LogP contribution >= 0.6 is 23.2 Å². The van der Waals surface area contributed by atoms with Crippen LogP contribution in [0.2, 0.25) is 5.02 Å². The van der Waals surface area contributed by atoms with Crippen LogP contribution in [0.5, 0.6) is 0 Å². The average Bonchev–Trinajstić information content (AvgIpc) is 3.29. The van der Waals surface area contributed by atoms with E-state index >= 15 is 0 Å². The summed E-state index contributed by atoms with van der Waals surface area (Å²) < 4.78 is 43.4. The molecule has 2 aromatic rings. The molecule has 0 aliphatic rings. The number of esters is 3. The van der Waals surface area contributed by atoms with E-state index in [2.05, 4.69) is 10.1 Å². The standard InChI is InChI=1S/C20H22Cl2N2O9S/c21-12-33-19(26)5-4-18(25)31-7-2-8-32-20(27)14-9-17(34(23,28)29)15(22)10-16(14)24-11-13-3-1-6-30-13/h1,3,6,9-10,24H,2,4-5,7-8,11-12H2,(H2,23,28,29). The molecule has 2 rings (SSSR count). The number of rotatable bonds is 13. The minimum atomic E-state index is -4.20. The molecule has 1 heterocycles. The number of benzene rings is 1. The second kappa shape index (κ2) is 13.2. The fraction of sp³-hybridized carbons (Fsp3) is 0.350. The van der Waals surface area contributed by atoms with Crippen molar-refractivity contribution in [3.8, 4) is 0 Å². The number of hydrogen-bond acceptors (Lipinski definition) is 10. The number of nitrogens with one attached hydrogen (secondary N) is 1. The summed E-state index contributed by atoms with van der Waals surface area (Å²) >= 11 is 11.3. The molecule has 0 atom stereocenters. The zero-order valence-corrected chi connectivity index (χ0v) is 20.1. The second-order valence-electron chi connectivity index (χ2n) is 6.64. The maximum Gasteiger partial charge on any atom is 0.340 e. The molecule has 0 amide bonds. The number of carbonyl (C=O) groups excluding carboxylic acids is 3. The third-order valence-corrected chi connectivity index (χ3v) is 5.65. The first-order chi connectivity index (χ1) is 16.1. The van der Waals surface area contributed by atoms with Gasteiger partial charge in [0, 0.05) is 6.42 Å². The SMILES string of the molecule is NS(=O)(=O)c1cc(C(=O)OCCCOC(=O)CCC(=O)OCCl)c(NCc2ccco2)cc1Cl. The number of furan rings is 1. The molecule has 11 nitrogen and oxygen atoms in total. The lowest BCUT2D eigenvalue weighted by Gasteiger charge is -2.14. The van der Waals surface area contributed by atoms with Crippen LogP contribution in [0.4, 0.5) is 5.69 Å². The maximum absolute atomic E-state index is 12.6. The van der Waals surface area contributed by atoms with Gasteiger partial charge in [-0.05, 0) is 24.3 Å². The largest absolute Gasteiger partial charge is 0.467 e. The molecule has 0 radical (unpaired) electrons. The summed E-state index contributed by atoms with van der Waals surface area (Å²) in [7, 11) is -4.20. The van der Waals surface area contributed by atoms with Gasteiger partial charge in [0.2, 0.25) is 10.0 Å². The third kappa shape index (κ3) is 8.86. The number of sulfonamides is 1. The van der Waals surface area contributed by atoms with Gasteiger partial charge in [0.25, 0.3) is 0 Å². The summed E-state index contributed by atoms with van der Waals surface area (Å²) in [5.74, 6) is -1.54. The van der Waals surface area contributed by atoms with Crippen molar-refractivity contribution in [2.45, 2.75) is 30.7 Å². The number of hydrogen-bond donors (Lipinski definition) is 2. The van der Waals surface area contributed by atoms with E-state index in [0.29, 0.717) is 5.76 Å². The molecule has 3 N–H and O–H groups in total. The first-order valence-electron chi connectivity index (χ1n) is 9.78. The molecule has 0 aliphatic heterocycles. The zero-order valence-electron chi connectivity index (χ0n) is 17.8. The van der Waals surface area contributed by atoms with Gasteiger partial charge in [-0.25, -0.2) is 18.4 Å². The fourth-order valence-corrected chi connectivity index (χ4v) is 3.80. The predicted octanol–water partition coefficient (Wildman–Crippen LogP) is 2.80. The quantitative estimate of drug-likeness (QED) is 0.168. The van der Waals surface area contributed by atoms with Crippen molar-refractivity contribution in [2.24, 2.45) is 5.14 Å². The van der Waals surface area contributed by atoms with Gasteiger partial charge in [-0.1, -0.05) is 23.2 Å². The lowest BCUT2D eigenvalue weighted by molar-refractivity contribution is -0.149. The molecule has 14 heteroatoms. The topological polar surface area (TPSA) is 164 Å². The fourth-order valence-electron chi connectivity index (χ4n) is 2.58. The number of anilines is 1. The molecule has 0 spiro atoms. The Hall–Kier alpha value is -2.80. The van der Waals surface area contributed by atoms with E-state index in [1.54, 1.807) is 12.1 Å². The van der Waals surface area contributed by atoms with Gasteiger partial charge in [0.05, 0.1) is 55.1 Å². The molecule has 0 fully saturated rings. The summed E-state index contributed by atoms with van der Waals surface area (Å²) in [6, 6.07) is 5.35. The normalized spacial score (nSPS) is 11.0. The number of alkyl halides is 1. The smallest absolute Gasteiger partial charge is 0.340 e. The van der Waals surface area contributed by atoms with E-state index in [0.717, 1.165) is 6.07 Å². The predicted molar refractivity (Wildman–Crippen MR) is 121 cm³/mol. The zero-order chi connectivity index (χ0) is 25.1. The lowest BCUT2D eigenvalue weighted by atomic mass is 10.1. The molecule has 0 aliphatic carbocycles. The summed E-state index contributed by atoms with van der Waals surface area (Å²) in [5.41, 5.74) is 0.0869. The number of halogens is 2. The van der Waals surface area contributed by atoms with Gasteiger partial charge in [0.15, 0.2) is 6.07 Å². The van der Waals surface area contributed by atoms with E-state index in [-0.39, 0.29) is 61.4 Å². The molecule has 34 heavy (non-hydrogen) atoms. The van der Waals surface area contributed by atoms with Crippen LogP contribution in [-0.4, -0.2) is 45.6 Å². The average molecular weight is 537 g/mol. The van der Waals surface area contributed by atoms with Gasteiger partial charge < -0.3 is 23.9 Å². The van der Waals surface area contributed by atoms with Crippen molar-refractivity contribution in [2.75, 3.05) is 24.6 Å². The van der Waals surface area contributed by atoms with Crippen LogP contribution in [-0.2, 0) is 40.4 Å². The van der Waals surface area contributed by atoms with E-state index in [9.17, 15) is 22.8 Å². The van der Waals surface area contributed by atoms with E-state index < -0.39 is 32.8 Å². The number of carbonyl (C=O) groups is 3. The van der Waals surface area contributed by atoms with Gasteiger partial charge >= 0.3 is 17.9 Å². The number of primary sulfonamides is 1. The summed E-state index contributed by atoms with van der Waals surface area (Å²) in [5, 5.41) is 7.93. The molecule has 0 unspecified atom stereocenters. The van der Waals surface area contributed by atoms with Crippen LogP contribution < -0.4 is 10.5 Å². The Morgan fingerprint density at radius 1 is 1.06 bits per heavy atom. The van der Waals surface area contributed by atoms with Crippen LogP contribution in [0, 0.1) is 0 Å². The van der Waals surface area contributed by atoms with Gasteiger partial charge in [-0.15, -0.1) is 0 Å². The Kier molecular flexibility index (Phi) is 10.6. The molecule has 1 aromatic carbocycles. The minimum absolute atomic E-state index is 0.0662. The van der Waals surface area contributed by atoms with Crippen LogP contribution in [0.15, 0.2) is 39.8 Å². The first-order valence-corrected chi connectivity index (χ1v) is 12.2. The Bertz CT molecular complexity index is 1110. The Morgan fingerprint density at radius 3 is 2.35 bits per heavy atom. The van der Waals surface area contributed by atoms with Gasteiger partial charge in [-0.3, -0.25) is 9.59 Å². The molecule has 1 aromatic heterocycles. The highest BCUT2D eigenvalue weighted by Crippen LogP contribution is 2.29.